The van der Waals surface area contributed by atoms with Crippen LogP contribution in [0.3, 0.4) is 0 Å². The monoisotopic (exact) mass is 249 g/mol. The second-order valence-corrected chi connectivity index (χ2v) is 4.29. The molecule has 0 saturated carbocycles. The topological polar surface area (TPSA) is 67.6 Å². The van der Waals surface area contributed by atoms with Crippen molar-refractivity contribution in [1.82, 2.24) is 5.32 Å². The first-order chi connectivity index (χ1) is 8.74. The number of amides is 1. The van der Waals surface area contributed by atoms with Crippen molar-refractivity contribution in [2.75, 3.05) is 31.6 Å². The van der Waals surface area contributed by atoms with Gasteiger partial charge in [-0.15, -0.1) is 0 Å². The molecule has 3 N–H and O–H groups in total. The fraction of sp³-hybridized carbons (Fsp3) is 0.462. The van der Waals surface area contributed by atoms with Crippen LogP contribution < -0.4 is 20.7 Å². The number of ether oxygens (including phenoxy) is 1. The number of carbonyl (C=O) groups is 1. The van der Waals surface area contributed by atoms with Crippen LogP contribution in [0.2, 0.25) is 0 Å². The van der Waals surface area contributed by atoms with Gasteiger partial charge in [0.15, 0.2) is 0 Å². The highest BCUT2D eigenvalue weighted by molar-refractivity contribution is 5.77. The Morgan fingerprint density at radius 2 is 2.28 bits per heavy atom. The van der Waals surface area contributed by atoms with Crippen LogP contribution in [0.1, 0.15) is 12.0 Å². The first-order valence-corrected chi connectivity index (χ1v) is 6.13. The minimum absolute atomic E-state index is 0.106. The van der Waals surface area contributed by atoms with Crippen LogP contribution in [0.15, 0.2) is 18.2 Å². The summed E-state index contributed by atoms with van der Waals surface area (Å²) in [6.45, 7) is 2.66. The highest BCUT2D eigenvalue weighted by atomic mass is 16.5. The van der Waals surface area contributed by atoms with E-state index in [0.29, 0.717) is 26.1 Å². The number of nitrogens with two attached hydrogens (primary N) is 1. The van der Waals surface area contributed by atoms with Crippen LogP contribution in [0.5, 0.6) is 5.75 Å². The van der Waals surface area contributed by atoms with Crippen molar-refractivity contribution in [1.29, 1.82) is 0 Å². The van der Waals surface area contributed by atoms with Crippen molar-refractivity contribution >= 4 is 11.6 Å². The first kappa shape index (κ1) is 12.7. The van der Waals surface area contributed by atoms with Crippen molar-refractivity contribution in [2.24, 2.45) is 5.73 Å². The fourth-order valence-electron chi connectivity index (χ4n) is 2.15. The van der Waals surface area contributed by atoms with Gasteiger partial charge < -0.3 is 20.7 Å². The van der Waals surface area contributed by atoms with E-state index in [9.17, 15) is 4.79 Å². The average Bonchev–Trinajstić information content (AvgIpc) is 2.62. The van der Waals surface area contributed by atoms with E-state index in [0.717, 1.165) is 23.5 Å². The highest BCUT2D eigenvalue weighted by Gasteiger charge is 2.16. The van der Waals surface area contributed by atoms with Crippen LogP contribution >= 0.6 is 0 Å². The third-order valence-electron chi connectivity index (χ3n) is 3.17. The molecule has 5 nitrogen and oxygen atoms in total. The van der Waals surface area contributed by atoms with Crippen molar-refractivity contribution in [3.8, 4) is 5.75 Å². The summed E-state index contributed by atoms with van der Waals surface area (Å²) in [5, 5.41) is 2.87. The smallest absolute Gasteiger partial charge is 0.221 e. The molecule has 1 aromatic carbocycles. The molecule has 0 radical (unpaired) electrons. The van der Waals surface area contributed by atoms with E-state index in [1.807, 2.05) is 18.2 Å². The Hall–Kier alpha value is -1.75. The third-order valence-corrected chi connectivity index (χ3v) is 3.17. The molecule has 1 aliphatic heterocycles. The number of carbonyl (C=O) groups excluding carboxylic acids is 1. The van der Waals surface area contributed by atoms with E-state index >= 15 is 0 Å². The van der Waals surface area contributed by atoms with Gasteiger partial charge in [-0.3, -0.25) is 4.79 Å². The lowest BCUT2D eigenvalue weighted by Gasteiger charge is -2.25. The number of rotatable bonds is 3. The second kappa shape index (κ2) is 5.73. The molecule has 0 aromatic heterocycles. The Balaban J connectivity index is 2.26. The normalized spacial score (nSPS) is 16.1. The summed E-state index contributed by atoms with van der Waals surface area (Å²) in [5.74, 6) is 0.917. The number of benzene rings is 1. The molecular formula is C13H19N3O2. The van der Waals surface area contributed by atoms with Gasteiger partial charge in [-0.05, 0) is 11.6 Å². The van der Waals surface area contributed by atoms with Crippen LogP contribution in [0.4, 0.5) is 5.69 Å². The summed E-state index contributed by atoms with van der Waals surface area (Å²) in [7, 11) is 1.65. The molecule has 1 heterocycles. The molecule has 0 spiro atoms. The Kier molecular flexibility index (Phi) is 4.04. The number of anilines is 1. The molecule has 98 valence electrons. The van der Waals surface area contributed by atoms with E-state index in [1.165, 1.54) is 0 Å². The maximum atomic E-state index is 11.4. The van der Waals surface area contributed by atoms with Gasteiger partial charge in [0.1, 0.15) is 5.75 Å². The zero-order chi connectivity index (χ0) is 13.0. The van der Waals surface area contributed by atoms with Crippen LogP contribution in [0.25, 0.3) is 0 Å². The second-order valence-electron chi connectivity index (χ2n) is 4.29. The summed E-state index contributed by atoms with van der Waals surface area (Å²) in [6.07, 6.45) is 0.515. The predicted octanol–water partition coefficient (Wildman–Crippen LogP) is 0.480. The molecule has 0 bridgehead atoms. The van der Waals surface area contributed by atoms with Gasteiger partial charge in [0.2, 0.25) is 5.91 Å². The lowest BCUT2D eigenvalue weighted by atomic mass is 10.1. The fourth-order valence-corrected chi connectivity index (χ4v) is 2.15. The van der Waals surface area contributed by atoms with Gasteiger partial charge in [0.25, 0.3) is 0 Å². The number of nitrogens with zero attached hydrogens (tertiary/aromatic N) is 1. The molecule has 0 aliphatic carbocycles. The maximum absolute atomic E-state index is 11.4. The average molecular weight is 249 g/mol. The van der Waals surface area contributed by atoms with Crippen LogP contribution in [-0.4, -0.2) is 32.7 Å². The zero-order valence-electron chi connectivity index (χ0n) is 10.6. The van der Waals surface area contributed by atoms with Gasteiger partial charge in [-0.2, -0.15) is 0 Å². The van der Waals surface area contributed by atoms with Gasteiger partial charge in [0.05, 0.1) is 7.11 Å². The Morgan fingerprint density at radius 3 is 3.00 bits per heavy atom. The van der Waals surface area contributed by atoms with Gasteiger partial charge >= 0.3 is 0 Å². The maximum Gasteiger partial charge on any atom is 0.221 e. The van der Waals surface area contributed by atoms with E-state index in [1.54, 1.807) is 7.11 Å². The van der Waals surface area contributed by atoms with Crippen LogP contribution in [-0.2, 0) is 11.3 Å². The first-order valence-electron chi connectivity index (χ1n) is 6.13. The standard InChI is InChI=1S/C13H19N3O2/c1-18-11-3-2-10(9-14)12(8-11)16-6-4-13(17)15-5-7-16/h2-3,8H,4-7,9,14H2,1H3,(H,15,17). The molecule has 1 saturated heterocycles. The molecule has 5 heteroatoms. The highest BCUT2D eigenvalue weighted by Crippen LogP contribution is 2.26. The molecule has 2 rings (SSSR count). The quantitative estimate of drug-likeness (QED) is 0.817. The number of methoxy groups -OCH3 is 1. The zero-order valence-corrected chi connectivity index (χ0v) is 10.6. The SMILES string of the molecule is COc1ccc(CN)c(N2CCNC(=O)CC2)c1. The van der Waals surface area contributed by atoms with E-state index in [-0.39, 0.29) is 5.91 Å². The van der Waals surface area contributed by atoms with Crippen molar-refractivity contribution in [3.05, 3.63) is 23.8 Å². The molecule has 1 aliphatic rings. The Bertz CT molecular complexity index is 434. The molecule has 1 fully saturated rings. The summed E-state index contributed by atoms with van der Waals surface area (Å²) in [4.78, 5) is 13.5. The van der Waals surface area contributed by atoms with Gasteiger partial charge in [-0.25, -0.2) is 0 Å². The van der Waals surface area contributed by atoms with Gasteiger partial charge in [-0.1, -0.05) is 6.07 Å². The largest absolute Gasteiger partial charge is 0.497 e. The molecule has 1 amide bonds. The minimum Gasteiger partial charge on any atom is -0.497 e. The minimum atomic E-state index is 0.106. The lowest BCUT2D eigenvalue weighted by Crippen LogP contribution is -2.29. The van der Waals surface area contributed by atoms with E-state index in [2.05, 4.69) is 10.2 Å². The van der Waals surface area contributed by atoms with E-state index < -0.39 is 0 Å². The summed E-state index contributed by atoms with van der Waals surface area (Å²) in [5.41, 5.74) is 7.90. The van der Waals surface area contributed by atoms with E-state index in [4.69, 9.17) is 10.5 Å². The summed E-state index contributed by atoms with van der Waals surface area (Å²) >= 11 is 0. The summed E-state index contributed by atoms with van der Waals surface area (Å²) in [6, 6.07) is 5.87. The van der Waals surface area contributed by atoms with Crippen molar-refractivity contribution < 1.29 is 9.53 Å². The van der Waals surface area contributed by atoms with Gasteiger partial charge in [0, 0.05) is 44.4 Å². The Morgan fingerprint density at radius 1 is 1.44 bits per heavy atom. The predicted molar refractivity (Wildman–Crippen MR) is 70.7 cm³/mol. The number of hydrogen-bond donors (Lipinski definition) is 2. The van der Waals surface area contributed by atoms with Crippen molar-refractivity contribution in [3.63, 3.8) is 0 Å². The van der Waals surface area contributed by atoms with Crippen molar-refractivity contribution in [2.45, 2.75) is 13.0 Å². The molecule has 0 atom stereocenters. The molecule has 1 aromatic rings. The number of hydrogen-bond acceptors (Lipinski definition) is 4. The Labute approximate surface area is 107 Å². The number of nitrogens with one attached hydrogen (secondary N) is 1. The van der Waals surface area contributed by atoms with Crippen LogP contribution in [0, 0.1) is 0 Å². The molecule has 18 heavy (non-hydrogen) atoms. The summed E-state index contributed by atoms with van der Waals surface area (Å²) < 4.78 is 5.25. The third kappa shape index (κ3) is 2.73. The molecular weight excluding hydrogens is 230 g/mol. The lowest BCUT2D eigenvalue weighted by molar-refractivity contribution is -0.120. The molecule has 0 unspecified atom stereocenters.